The number of hydrogen-bond donors (Lipinski definition) is 2. The number of benzene rings is 1. The summed E-state index contributed by atoms with van der Waals surface area (Å²) in [7, 11) is 0. The van der Waals surface area contributed by atoms with Gasteiger partial charge in [-0.15, -0.1) is 0 Å². The first-order chi connectivity index (χ1) is 7.31. The minimum absolute atomic E-state index is 0.765. The molecule has 2 rings (SSSR count). The first-order valence-electron chi connectivity index (χ1n) is 4.93. The van der Waals surface area contributed by atoms with Gasteiger partial charge in [-0.2, -0.15) is 0 Å². The van der Waals surface area contributed by atoms with Crippen molar-refractivity contribution >= 4 is 11.4 Å². The summed E-state index contributed by atoms with van der Waals surface area (Å²) in [6, 6.07) is 5.88. The maximum absolute atomic E-state index is 5.84. The molecule has 1 aromatic heterocycles. The summed E-state index contributed by atoms with van der Waals surface area (Å²) in [6.07, 6.45) is 5.42. The molecule has 0 radical (unpaired) electrons. The molecule has 0 saturated carbocycles. The number of imidazole rings is 1. The summed E-state index contributed by atoms with van der Waals surface area (Å²) in [4.78, 5) is 4.01. The number of nitrogens with two attached hydrogens (primary N) is 1. The molecule has 0 aliphatic carbocycles. The molecule has 0 fully saturated rings. The van der Waals surface area contributed by atoms with E-state index in [4.69, 9.17) is 5.73 Å². The highest BCUT2D eigenvalue weighted by molar-refractivity contribution is 5.69. The molecule has 78 valence electrons. The summed E-state index contributed by atoms with van der Waals surface area (Å²) in [5.74, 6) is 0. The van der Waals surface area contributed by atoms with Crippen LogP contribution in [0.5, 0.6) is 0 Å². The van der Waals surface area contributed by atoms with E-state index in [1.54, 1.807) is 12.5 Å². The molecular formula is C11H14N4. The summed E-state index contributed by atoms with van der Waals surface area (Å²) < 4.78 is 1.94. The van der Waals surface area contributed by atoms with Gasteiger partial charge in [-0.1, -0.05) is 0 Å². The number of rotatable bonds is 3. The Balaban J connectivity index is 2.38. The highest BCUT2D eigenvalue weighted by Gasteiger charge is 2.00. The quantitative estimate of drug-likeness (QED) is 0.747. The predicted molar refractivity (Wildman–Crippen MR) is 62.1 cm³/mol. The van der Waals surface area contributed by atoms with E-state index in [1.807, 2.05) is 35.9 Å². The van der Waals surface area contributed by atoms with E-state index < -0.39 is 0 Å². The first-order valence-corrected chi connectivity index (χ1v) is 4.93. The van der Waals surface area contributed by atoms with E-state index in [-0.39, 0.29) is 0 Å². The van der Waals surface area contributed by atoms with Crippen LogP contribution in [0, 0.1) is 0 Å². The summed E-state index contributed by atoms with van der Waals surface area (Å²) in [6.45, 7) is 2.90. The van der Waals surface area contributed by atoms with Crippen molar-refractivity contribution < 1.29 is 0 Å². The highest BCUT2D eigenvalue weighted by atomic mass is 15.0. The third-order valence-corrected chi connectivity index (χ3v) is 2.21. The van der Waals surface area contributed by atoms with Crippen LogP contribution in [0.4, 0.5) is 11.4 Å². The van der Waals surface area contributed by atoms with Crippen LogP contribution in [0.15, 0.2) is 36.9 Å². The summed E-state index contributed by atoms with van der Waals surface area (Å²) in [5, 5.41) is 3.22. The number of aromatic nitrogens is 2. The fourth-order valence-corrected chi connectivity index (χ4v) is 1.46. The van der Waals surface area contributed by atoms with Crippen molar-refractivity contribution in [3.8, 4) is 5.69 Å². The summed E-state index contributed by atoms with van der Waals surface area (Å²) in [5.41, 5.74) is 8.62. The Hall–Kier alpha value is -1.97. The molecule has 0 saturated heterocycles. The average Bonchev–Trinajstić information content (AvgIpc) is 2.75. The molecular weight excluding hydrogens is 188 g/mol. The van der Waals surface area contributed by atoms with Gasteiger partial charge in [-0.25, -0.2) is 4.98 Å². The zero-order valence-corrected chi connectivity index (χ0v) is 8.64. The van der Waals surface area contributed by atoms with Crippen molar-refractivity contribution in [1.82, 2.24) is 9.55 Å². The van der Waals surface area contributed by atoms with Gasteiger partial charge in [0.15, 0.2) is 0 Å². The Kier molecular flexibility index (Phi) is 2.58. The smallest absolute Gasteiger partial charge is 0.0991 e. The Morgan fingerprint density at radius 2 is 2.33 bits per heavy atom. The topological polar surface area (TPSA) is 55.9 Å². The van der Waals surface area contributed by atoms with Crippen LogP contribution in [0.3, 0.4) is 0 Å². The standard InChI is InChI=1S/C11H14N4/c1-2-14-11-7-9(3-4-10(11)12)15-6-5-13-8-15/h3-8,14H,2,12H2,1H3. The SMILES string of the molecule is CCNc1cc(-n2ccnc2)ccc1N. The summed E-state index contributed by atoms with van der Waals surface area (Å²) >= 11 is 0. The normalized spacial score (nSPS) is 10.2. The lowest BCUT2D eigenvalue weighted by Gasteiger charge is -2.09. The molecule has 4 nitrogen and oxygen atoms in total. The third kappa shape index (κ3) is 1.93. The van der Waals surface area contributed by atoms with Gasteiger partial charge in [-0.05, 0) is 25.1 Å². The molecule has 0 aliphatic rings. The van der Waals surface area contributed by atoms with Crippen molar-refractivity contribution in [2.75, 3.05) is 17.6 Å². The lowest BCUT2D eigenvalue weighted by molar-refractivity contribution is 1.06. The fraction of sp³-hybridized carbons (Fsp3) is 0.182. The van der Waals surface area contributed by atoms with E-state index in [2.05, 4.69) is 10.3 Å². The lowest BCUT2D eigenvalue weighted by atomic mass is 10.2. The lowest BCUT2D eigenvalue weighted by Crippen LogP contribution is -2.02. The van der Waals surface area contributed by atoms with Crippen molar-refractivity contribution in [3.63, 3.8) is 0 Å². The van der Waals surface area contributed by atoms with E-state index in [9.17, 15) is 0 Å². The predicted octanol–water partition coefficient (Wildman–Crippen LogP) is 1.89. The van der Waals surface area contributed by atoms with Gasteiger partial charge in [-0.3, -0.25) is 0 Å². The molecule has 15 heavy (non-hydrogen) atoms. The number of nitrogens with one attached hydrogen (secondary N) is 1. The van der Waals surface area contributed by atoms with Crippen molar-refractivity contribution in [1.29, 1.82) is 0 Å². The molecule has 0 amide bonds. The Morgan fingerprint density at radius 1 is 1.47 bits per heavy atom. The van der Waals surface area contributed by atoms with Crippen molar-refractivity contribution in [3.05, 3.63) is 36.9 Å². The first kappa shape index (κ1) is 9.58. The zero-order chi connectivity index (χ0) is 10.7. The minimum Gasteiger partial charge on any atom is -0.397 e. The van der Waals surface area contributed by atoms with Gasteiger partial charge in [0, 0.05) is 24.6 Å². The van der Waals surface area contributed by atoms with Crippen LogP contribution in [0.25, 0.3) is 5.69 Å². The Labute approximate surface area is 88.7 Å². The van der Waals surface area contributed by atoms with Gasteiger partial charge >= 0.3 is 0 Å². The number of nitrogen functional groups attached to an aromatic ring is 1. The maximum atomic E-state index is 5.84. The van der Waals surface area contributed by atoms with Crippen LogP contribution in [-0.2, 0) is 0 Å². The van der Waals surface area contributed by atoms with Crippen LogP contribution >= 0.6 is 0 Å². The molecule has 0 atom stereocenters. The van der Waals surface area contributed by atoms with E-state index >= 15 is 0 Å². The van der Waals surface area contributed by atoms with E-state index in [1.165, 1.54) is 0 Å². The molecule has 1 heterocycles. The zero-order valence-electron chi connectivity index (χ0n) is 8.64. The molecule has 3 N–H and O–H groups in total. The van der Waals surface area contributed by atoms with Crippen LogP contribution in [0.1, 0.15) is 6.92 Å². The van der Waals surface area contributed by atoms with Crippen LogP contribution < -0.4 is 11.1 Å². The van der Waals surface area contributed by atoms with Gasteiger partial charge in [0.25, 0.3) is 0 Å². The molecule has 4 heteroatoms. The van der Waals surface area contributed by atoms with Crippen LogP contribution in [-0.4, -0.2) is 16.1 Å². The number of hydrogen-bond acceptors (Lipinski definition) is 3. The van der Waals surface area contributed by atoms with Crippen molar-refractivity contribution in [2.45, 2.75) is 6.92 Å². The van der Waals surface area contributed by atoms with Gasteiger partial charge in [0.05, 0.1) is 17.7 Å². The van der Waals surface area contributed by atoms with Gasteiger partial charge < -0.3 is 15.6 Å². The third-order valence-electron chi connectivity index (χ3n) is 2.21. The van der Waals surface area contributed by atoms with Crippen molar-refractivity contribution in [2.24, 2.45) is 0 Å². The second kappa shape index (κ2) is 4.04. The van der Waals surface area contributed by atoms with E-state index in [0.29, 0.717) is 0 Å². The minimum atomic E-state index is 0.765. The number of anilines is 2. The van der Waals surface area contributed by atoms with Gasteiger partial charge in [0.1, 0.15) is 0 Å². The van der Waals surface area contributed by atoms with Crippen LogP contribution in [0.2, 0.25) is 0 Å². The Bertz CT molecular complexity index is 434. The molecule has 0 spiro atoms. The molecule has 0 unspecified atom stereocenters. The van der Waals surface area contributed by atoms with Gasteiger partial charge in [0.2, 0.25) is 0 Å². The monoisotopic (exact) mass is 202 g/mol. The molecule has 1 aromatic carbocycles. The average molecular weight is 202 g/mol. The molecule has 0 aliphatic heterocycles. The largest absolute Gasteiger partial charge is 0.397 e. The highest BCUT2D eigenvalue weighted by Crippen LogP contribution is 2.21. The second-order valence-corrected chi connectivity index (χ2v) is 3.27. The molecule has 2 aromatic rings. The maximum Gasteiger partial charge on any atom is 0.0991 e. The molecule has 0 bridgehead atoms. The second-order valence-electron chi connectivity index (χ2n) is 3.27. The van der Waals surface area contributed by atoms with E-state index in [0.717, 1.165) is 23.6 Å². The fourth-order valence-electron chi connectivity index (χ4n) is 1.46. The number of nitrogens with zero attached hydrogens (tertiary/aromatic N) is 2. The Morgan fingerprint density at radius 3 is 3.00 bits per heavy atom.